The summed E-state index contributed by atoms with van der Waals surface area (Å²) in [4.78, 5) is 0. The van der Waals surface area contributed by atoms with Crippen LogP contribution in [0.2, 0.25) is 0 Å². The second-order valence-electron chi connectivity index (χ2n) is 4.57. The summed E-state index contributed by atoms with van der Waals surface area (Å²) in [6.45, 7) is 3.06. The lowest BCUT2D eigenvalue weighted by Gasteiger charge is -2.20. The first kappa shape index (κ1) is 13.6. The molecular weight excluding hydrogens is 234 g/mol. The molecule has 0 saturated carbocycles. The summed E-state index contributed by atoms with van der Waals surface area (Å²) in [5.74, 6) is 0.954. The van der Waals surface area contributed by atoms with E-state index in [-0.39, 0.29) is 0 Å². The maximum absolute atomic E-state index is 5.44. The second kappa shape index (κ2) is 6.95. The van der Waals surface area contributed by atoms with Gasteiger partial charge >= 0.3 is 0 Å². The Balaban J connectivity index is 2.08. The number of hydrogen-bond acceptors (Lipinski definition) is 2. The van der Waals surface area contributed by atoms with Crippen LogP contribution in [0.4, 0.5) is 0 Å². The quantitative estimate of drug-likeness (QED) is 0.844. The van der Waals surface area contributed by atoms with Crippen molar-refractivity contribution < 1.29 is 4.74 Å². The zero-order valence-electron chi connectivity index (χ0n) is 11.6. The minimum atomic E-state index is 0.316. The lowest BCUT2D eigenvalue weighted by Crippen LogP contribution is -2.20. The van der Waals surface area contributed by atoms with Crippen molar-refractivity contribution in [2.45, 2.75) is 25.9 Å². The minimum absolute atomic E-state index is 0.316. The van der Waals surface area contributed by atoms with E-state index in [9.17, 15) is 0 Å². The third-order valence-electron chi connectivity index (χ3n) is 3.32. The highest BCUT2D eigenvalue weighted by Crippen LogP contribution is 2.26. The molecule has 100 valence electrons. The van der Waals surface area contributed by atoms with Gasteiger partial charge in [-0.2, -0.15) is 0 Å². The first-order valence-corrected chi connectivity index (χ1v) is 6.75. The fourth-order valence-electron chi connectivity index (χ4n) is 2.27. The smallest absolute Gasteiger partial charge is 0.123 e. The molecule has 19 heavy (non-hydrogen) atoms. The summed E-state index contributed by atoms with van der Waals surface area (Å²) in [5, 5.41) is 3.60. The SMILES string of the molecule is CCC(NCc1ccccc1)c1ccccc1OC. The predicted octanol–water partition coefficient (Wildman–Crippen LogP) is 3.94. The van der Waals surface area contributed by atoms with Gasteiger partial charge in [-0.3, -0.25) is 0 Å². The van der Waals surface area contributed by atoms with Crippen molar-refractivity contribution in [3.63, 3.8) is 0 Å². The van der Waals surface area contributed by atoms with Crippen LogP contribution in [0, 0.1) is 0 Å². The van der Waals surface area contributed by atoms with Gasteiger partial charge in [0.25, 0.3) is 0 Å². The van der Waals surface area contributed by atoms with Gasteiger partial charge in [-0.05, 0) is 18.1 Å². The molecule has 0 radical (unpaired) electrons. The molecule has 2 rings (SSSR count). The third-order valence-corrected chi connectivity index (χ3v) is 3.32. The molecule has 0 aliphatic heterocycles. The Bertz CT molecular complexity index is 496. The second-order valence-corrected chi connectivity index (χ2v) is 4.57. The normalized spacial score (nSPS) is 12.1. The molecule has 1 N–H and O–H groups in total. The molecule has 0 aliphatic carbocycles. The highest BCUT2D eigenvalue weighted by atomic mass is 16.5. The summed E-state index contributed by atoms with van der Waals surface area (Å²) in [6.07, 6.45) is 1.03. The summed E-state index contributed by atoms with van der Waals surface area (Å²) in [5.41, 5.74) is 2.53. The number of para-hydroxylation sites is 1. The Labute approximate surface area is 115 Å². The number of benzene rings is 2. The van der Waals surface area contributed by atoms with Gasteiger partial charge < -0.3 is 10.1 Å². The van der Waals surface area contributed by atoms with Crippen LogP contribution in [0.1, 0.15) is 30.5 Å². The van der Waals surface area contributed by atoms with E-state index in [1.165, 1.54) is 11.1 Å². The summed E-state index contributed by atoms with van der Waals surface area (Å²) >= 11 is 0. The molecule has 0 fully saturated rings. The standard InChI is InChI=1S/C17H21NO/c1-3-16(15-11-7-8-12-17(15)19-2)18-13-14-9-5-4-6-10-14/h4-12,16,18H,3,13H2,1-2H3. The first-order valence-electron chi connectivity index (χ1n) is 6.75. The van der Waals surface area contributed by atoms with E-state index in [1.54, 1.807) is 7.11 Å². The maximum atomic E-state index is 5.44. The van der Waals surface area contributed by atoms with Crippen molar-refractivity contribution in [3.05, 3.63) is 65.7 Å². The molecule has 2 nitrogen and oxygen atoms in total. The summed E-state index contributed by atoms with van der Waals surface area (Å²) in [6, 6.07) is 19.0. The van der Waals surface area contributed by atoms with Crippen molar-refractivity contribution in [2.75, 3.05) is 7.11 Å². The molecule has 0 amide bonds. The summed E-state index contributed by atoms with van der Waals surface area (Å²) in [7, 11) is 1.72. The van der Waals surface area contributed by atoms with Gasteiger partial charge in [-0.25, -0.2) is 0 Å². The molecule has 2 aromatic carbocycles. The number of hydrogen-bond donors (Lipinski definition) is 1. The highest BCUT2D eigenvalue weighted by Gasteiger charge is 2.13. The van der Waals surface area contributed by atoms with E-state index in [1.807, 2.05) is 18.2 Å². The van der Waals surface area contributed by atoms with Gasteiger partial charge in [0.05, 0.1) is 7.11 Å². The van der Waals surface area contributed by atoms with E-state index in [0.29, 0.717) is 6.04 Å². The van der Waals surface area contributed by atoms with Crippen LogP contribution in [-0.4, -0.2) is 7.11 Å². The number of ether oxygens (including phenoxy) is 1. The zero-order valence-corrected chi connectivity index (χ0v) is 11.6. The number of rotatable bonds is 6. The van der Waals surface area contributed by atoms with Crippen LogP contribution in [-0.2, 0) is 6.54 Å². The van der Waals surface area contributed by atoms with E-state index in [0.717, 1.165) is 18.7 Å². The molecule has 0 heterocycles. The van der Waals surface area contributed by atoms with Crippen LogP contribution in [0.15, 0.2) is 54.6 Å². The molecule has 0 aliphatic rings. The fourth-order valence-corrected chi connectivity index (χ4v) is 2.27. The molecule has 0 saturated heterocycles. The van der Waals surface area contributed by atoms with E-state index in [4.69, 9.17) is 4.74 Å². The Morgan fingerprint density at radius 3 is 2.37 bits per heavy atom. The summed E-state index contributed by atoms with van der Waals surface area (Å²) < 4.78 is 5.44. The van der Waals surface area contributed by atoms with Crippen molar-refractivity contribution in [3.8, 4) is 5.75 Å². The average Bonchev–Trinajstić information content (AvgIpc) is 2.49. The topological polar surface area (TPSA) is 21.3 Å². The Morgan fingerprint density at radius 1 is 1.00 bits per heavy atom. The number of nitrogens with one attached hydrogen (secondary N) is 1. The minimum Gasteiger partial charge on any atom is -0.496 e. The van der Waals surface area contributed by atoms with Crippen molar-refractivity contribution in [1.29, 1.82) is 0 Å². The van der Waals surface area contributed by atoms with Gasteiger partial charge in [0.1, 0.15) is 5.75 Å². The Hall–Kier alpha value is -1.80. The lowest BCUT2D eigenvalue weighted by atomic mass is 10.0. The molecule has 0 bridgehead atoms. The average molecular weight is 255 g/mol. The molecule has 2 heteroatoms. The van der Waals surface area contributed by atoms with Crippen LogP contribution in [0.25, 0.3) is 0 Å². The van der Waals surface area contributed by atoms with Crippen molar-refractivity contribution >= 4 is 0 Å². The van der Waals surface area contributed by atoms with Gasteiger partial charge in [-0.15, -0.1) is 0 Å². The van der Waals surface area contributed by atoms with Gasteiger partial charge in [-0.1, -0.05) is 55.5 Å². The Morgan fingerprint density at radius 2 is 1.68 bits per heavy atom. The van der Waals surface area contributed by atoms with Crippen LogP contribution < -0.4 is 10.1 Å². The predicted molar refractivity (Wildman–Crippen MR) is 79.3 cm³/mol. The van der Waals surface area contributed by atoms with E-state index < -0.39 is 0 Å². The molecule has 0 aromatic heterocycles. The lowest BCUT2D eigenvalue weighted by molar-refractivity contribution is 0.396. The highest BCUT2D eigenvalue weighted by molar-refractivity contribution is 5.35. The maximum Gasteiger partial charge on any atom is 0.123 e. The van der Waals surface area contributed by atoms with Crippen LogP contribution in [0.3, 0.4) is 0 Å². The van der Waals surface area contributed by atoms with Gasteiger partial charge in [0, 0.05) is 18.2 Å². The molecule has 1 unspecified atom stereocenters. The van der Waals surface area contributed by atoms with Crippen molar-refractivity contribution in [2.24, 2.45) is 0 Å². The first-order chi connectivity index (χ1) is 9.35. The monoisotopic (exact) mass is 255 g/mol. The van der Waals surface area contributed by atoms with Crippen LogP contribution >= 0.6 is 0 Å². The van der Waals surface area contributed by atoms with Crippen molar-refractivity contribution in [1.82, 2.24) is 5.32 Å². The largest absolute Gasteiger partial charge is 0.496 e. The zero-order chi connectivity index (χ0) is 13.5. The Kier molecular flexibility index (Phi) is 4.99. The van der Waals surface area contributed by atoms with E-state index in [2.05, 4.69) is 48.6 Å². The molecular formula is C17H21NO. The van der Waals surface area contributed by atoms with Gasteiger partial charge in [0.2, 0.25) is 0 Å². The molecule has 1 atom stereocenters. The molecule has 2 aromatic rings. The fraction of sp³-hybridized carbons (Fsp3) is 0.294. The van der Waals surface area contributed by atoms with Gasteiger partial charge in [0.15, 0.2) is 0 Å². The van der Waals surface area contributed by atoms with E-state index >= 15 is 0 Å². The molecule has 0 spiro atoms. The van der Waals surface area contributed by atoms with Crippen LogP contribution in [0.5, 0.6) is 5.75 Å². The third kappa shape index (κ3) is 3.58. The number of methoxy groups -OCH3 is 1.